The van der Waals surface area contributed by atoms with Crippen molar-refractivity contribution in [3.8, 4) is 6.07 Å². The van der Waals surface area contributed by atoms with Gasteiger partial charge in [-0.25, -0.2) is 0 Å². The van der Waals surface area contributed by atoms with Gasteiger partial charge in [0.2, 0.25) is 0 Å². The van der Waals surface area contributed by atoms with Crippen molar-refractivity contribution in [2.45, 2.75) is 13.5 Å². The van der Waals surface area contributed by atoms with Gasteiger partial charge < -0.3 is 5.32 Å². The molecular formula is C15H13N3O2. The Morgan fingerprint density at radius 1 is 1.30 bits per heavy atom. The van der Waals surface area contributed by atoms with E-state index in [0.29, 0.717) is 12.2 Å². The lowest BCUT2D eigenvalue weighted by Crippen LogP contribution is -2.02. The summed E-state index contributed by atoms with van der Waals surface area (Å²) in [6, 6.07) is 14.3. The summed E-state index contributed by atoms with van der Waals surface area (Å²) in [6.45, 7) is 2.59. The van der Waals surface area contributed by atoms with E-state index in [2.05, 4.69) is 5.32 Å². The molecule has 0 aromatic heterocycles. The summed E-state index contributed by atoms with van der Waals surface area (Å²) in [5.74, 6) is 0. The molecule has 0 radical (unpaired) electrons. The van der Waals surface area contributed by atoms with Crippen LogP contribution >= 0.6 is 0 Å². The van der Waals surface area contributed by atoms with Crippen LogP contribution < -0.4 is 5.32 Å². The van der Waals surface area contributed by atoms with E-state index in [9.17, 15) is 10.1 Å². The molecular weight excluding hydrogens is 254 g/mol. The molecule has 0 aliphatic heterocycles. The molecule has 0 atom stereocenters. The van der Waals surface area contributed by atoms with E-state index in [1.165, 1.54) is 12.1 Å². The third-order valence-corrected chi connectivity index (χ3v) is 3.06. The van der Waals surface area contributed by atoms with Crippen LogP contribution in [0.1, 0.15) is 16.7 Å². The van der Waals surface area contributed by atoms with Crippen molar-refractivity contribution in [1.29, 1.82) is 5.26 Å². The van der Waals surface area contributed by atoms with E-state index < -0.39 is 4.92 Å². The maximum absolute atomic E-state index is 10.9. The number of benzene rings is 2. The van der Waals surface area contributed by atoms with Gasteiger partial charge in [-0.3, -0.25) is 10.1 Å². The van der Waals surface area contributed by atoms with Gasteiger partial charge in [0, 0.05) is 18.3 Å². The number of rotatable bonds is 4. The number of nitro groups is 1. The molecule has 0 unspecified atom stereocenters. The fraction of sp³-hybridized carbons (Fsp3) is 0.133. The molecule has 0 aliphatic carbocycles. The van der Waals surface area contributed by atoms with Crippen molar-refractivity contribution in [2.75, 3.05) is 5.32 Å². The second-order valence-corrected chi connectivity index (χ2v) is 4.38. The fourth-order valence-corrected chi connectivity index (χ4v) is 1.89. The Morgan fingerprint density at radius 3 is 2.70 bits per heavy atom. The van der Waals surface area contributed by atoms with Crippen LogP contribution in [0.25, 0.3) is 0 Å². The van der Waals surface area contributed by atoms with Crippen LogP contribution in [0.2, 0.25) is 0 Å². The first-order valence-electron chi connectivity index (χ1n) is 6.08. The third kappa shape index (κ3) is 2.93. The first-order valence-corrected chi connectivity index (χ1v) is 6.08. The van der Waals surface area contributed by atoms with Gasteiger partial charge in [0.1, 0.15) is 11.6 Å². The topological polar surface area (TPSA) is 79.0 Å². The molecule has 2 aromatic rings. The Labute approximate surface area is 116 Å². The number of aryl methyl sites for hydroxylation is 1. The van der Waals surface area contributed by atoms with Crippen molar-refractivity contribution in [2.24, 2.45) is 0 Å². The Hall–Kier alpha value is -2.87. The number of hydrogen-bond donors (Lipinski definition) is 1. The van der Waals surface area contributed by atoms with Gasteiger partial charge >= 0.3 is 0 Å². The normalized spacial score (nSPS) is 9.80. The highest BCUT2D eigenvalue weighted by atomic mass is 16.6. The van der Waals surface area contributed by atoms with Gasteiger partial charge in [0.05, 0.1) is 4.92 Å². The van der Waals surface area contributed by atoms with E-state index in [1.54, 1.807) is 6.07 Å². The number of nitro benzene ring substituents is 1. The molecule has 0 amide bonds. The van der Waals surface area contributed by atoms with Crippen molar-refractivity contribution in [3.05, 3.63) is 69.3 Å². The lowest BCUT2D eigenvalue weighted by Gasteiger charge is -2.09. The minimum atomic E-state index is -0.544. The molecule has 2 aromatic carbocycles. The monoisotopic (exact) mass is 267 g/mol. The minimum Gasteiger partial charge on any atom is -0.381 e. The van der Waals surface area contributed by atoms with Crippen LogP contribution in [-0.4, -0.2) is 4.92 Å². The summed E-state index contributed by atoms with van der Waals surface area (Å²) >= 11 is 0. The zero-order chi connectivity index (χ0) is 14.5. The first kappa shape index (κ1) is 13.6. The number of nitriles is 1. The average molecular weight is 267 g/mol. The molecule has 0 bridgehead atoms. The van der Waals surface area contributed by atoms with Gasteiger partial charge in [0.25, 0.3) is 5.69 Å². The van der Waals surface area contributed by atoms with Gasteiger partial charge in [-0.15, -0.1) is 0 Å². The largest absolute Gasteiger partial charge is 0.381 e. The summed E-state index contributed by atoms with van der Waals surface area (Å²) in [5, 5.41) is 22.9. The molecule has 0 fully saturated rings. The Balaban J connectivity index is 2.19. The number of nitrogens with zero attached hydrogens (tertiary/aromatic N) is 2. The molecule has 0 spiro atoms. The molecule has 0 saturated carbocycles. The third-order valence-electron chi connectivity index (χ3n) is 3.06. The van der Waals surface area contributed by atoms with E-state index in [1.807, 2.05) is 37.3 Å². The smallest absolute Gasteiger partial charge is 0.289 e. The van der Waals surface area contributed by atoms with E-state index >= 15 is 0 Å². The second-order valence-electron chi connectivity index (χ2n) is 4.38. The summed E-state index contributed by atoms with van der Waals surface area (Å²) in [4.78, 5) is 10.3. The molecule has 20 heavy (non-hydrogen) atoms. The Kier molecular flexibility index (Phi) is 3.96. The molecule has 5 nitrogen and oxygen atoms in total. The SMILES string of the molecule is Cc1ccccc1CNc1ccc(C#N)c([N+](=O)[O-])c1. The quantitative estimate of drug-likeness (QED) is 0.680. The molecule has 2 rings (SSSR count). The average Bonchev–Trinajstić information content (AvgIpc) is 2.46. The fourth-order valence-electron chi connectivity index (χ4n) is 1.89. The highest BCUT2D eigenvalue weighted by molar-refractivity contribution is 5.59. The number of nitrogens with one attached hydrogen (secondary N) is 1. The van der Waals surface area contributed by atoms with Crippen LogP contribution in [0.5, 0.6) is 0 Å². The minimum absolute atomic E-state index is 0.0661. The molecule has 1 N–H and O–H groups in total. The molecule has 0 aliphatic rings. The predicted octanol–water partition coefficient (Wildman–Crippen LogP) is 3.39. The van der Waals surface area contributed by atoms with Crippen molar-refractivity contribution in [1.82, 2.24) is 0 Å². The van der Waals surface area contributed by atoms with E-state index in [0.717, 1.165) is 11.1 Å². The van der Waals surface area contributed by atoms with Crippen LogP contribution in [0.4, 0.5) is 11.4 Å². The number of hydrogen-bond acceptors (Lipinski definition) is 4. The zero-order valence-electron chi connectivity index (χ0n) is 11.0. The van der Waals surface area contributed by atoms with Crippen molar-refractivity contribution >= 4 is 11.4 Å². The van der Waals surface area contributed by atoms with Gasteiger partial charge in [-0.1, -0.05) is 24.3 Å². The van der Waals surface area contributed by atoms with Crippen LogP contribution in [0, 0.1) is 28.4 Å². The predicted molar refractivity (Wildman–Crippen MR) is 76.3 cm³/mol. The Bertz CT molecular complexity index is 690. The summed E-state index contributed by atoms with van der Waals surface area (Å²) in [7, 11) is 0. The van der Waals surface area contributed by atoms with Crippen LogP contribution in [0.15, 0.2) is 42.5 Å². The van der Waals surface area contributed by atoms with Crippen molar-refractivity contribution < 1.29 is 4.92 Å². The highest BCUT2D eigenvalue weighted by Gasteiger charge is 2.14. The highest BCUT2D eigenvalue weighted by Crippen LogP contribution is 2.23. The van der Waals surface area contributed by atoms with Gasteiger partial charge in [0.15, 0.2) is 0 Å². The van der Waals surface area contributed by atoms with Gasteiger partial charge in [-0.05, 0) is 30.2 Å². The Morgan fingerprint density at radius 2 is 2.05 bits per heavy atom. The maximum atomic E-state index is 10.9. The van der Waals surface area contributed by atoms with Crippen LogP contribution in [0.3, 0.4) is 0 Å². The lowest BCUT2D eigenvalue weighted by atomic mass is 10.1. The number of anilines is 1. The van der Waals surface area contributed by atoms with Crippen molar-refractivity contribution in [3.63, 3.8) is 0 Å². The maximum Gasteiger partial charge on any atom is 0.289 e. The summed E-state index contributed by atoms with van der Waals surface area (Å²) in [6.07, 6.45) is 0. The lowest BCUT2D eigenvalue weighted by molar-refractivity contribution is -0.385. The molecule has 0 heterocycles. The summed E-state index contributed by atoms with van der Waals surface area (Å²) in [5.41, 5.74) is 2.79. The van der Waals surface area contributed by atoms with E-state index in [-0.39, 0.29) is 11.3 Å². The molecule has 100 valence electrons. The van der Waals surface area contributed by atoms with Crippen LogP contribution in [-0.2, 0) is 6.54 Å². The zero-order valence-corrected chi connectivity index (χ0v) is 11.0. The first-order chi connectivity index (χ1) is 9.61. The van der Waals surface area contributed by atoms with E-state index in [4.69, 9.17) is 5.26 Å². The molecule has 5 heteroatoms. The van der Waals surface area contributed by atoms with Gasteiger partial charge in [-0.2, -0.15) is 5.26 Å². The molecule has 0 saturated heterocycles. The summed E-state index contributed by atoms with van der Waals surface area (Å²) < 4.78 is 0. The second kappa shape index (κ2) is 5.85. The standard InChI is InChI=1S/C15H13N3O2/c1-11-4-2-3-5-13(11)10-17-14-7-6-12(9-16)15(8-14)18(19)20/h2-8,17H,10H2,1H3.